The Balaban J connectivity index is 1.57. The van der Waals surface area contributed by atoms with Crippen molar-refractivity contribution in [2.24, 2.45) is 0 Å². The van der Waals surface area contributed by atoms with Gasteiger partial charge in [0.2, 0.25) is 0 Å². The average Bonchev–Trinajstić information content (AvgIpc) is 3.25. The molecule has 1 saturated carbocycles. The Morgan fingerprint density at radius 1 is 1.19 bits per heavy atom. The van der Waals surface area contributed by atoms with E-state index < -0.39 is 12.0 Å². The van der Waals surface area contributed by atoms with Crippen LogP contribution in [0.5, 0.6) is 0 Å². The molecule has 2 aromatic heterocycles. The lowest BCUT2D eigenvalue weighted by atomic mass is 9.86. The van der Waals surface area contributed by atoms with Gasteiger partial charge in [0.15, 0.2) is 5.76 Å². The van der Waals surface area contributed by atoms with Crippen LogP contribution in [0.2, 0.25) is 0 Å². The van der Waals surface area contributed by atoms with Crippen LogP contribution >= 0.6 is 11.8 Å². The SMILES string of the molecule is CC(C)(C)c1ccc(-c2cc(-c3cc(=O)n4c(c3C3CC3)SCC4C(=O)O)on2)cc1. The van der Waals surface area contributed by atoms with E-state index >= 15 is 0 Å². The fraction of sp³-hybridized carbons (Fsp3) is 0.375. The van der Waals surface area contributed by atoms with Crippen molar-refractivity contribution in [2.75, 3.05) is 5.75 Å². The van der Waals surface area contributed by atoms with Gasteiger partial charge in [-0.05, 0) is 35.3 Å². The van der Waals surface area contributed by atoms with Crippen molar-refractivity contribution in [3.63, 3.8) is 0 Å². The van der Waals surface area contributed by atoms with Crippen molar-refractivity contribution in [3.8, 4) is 22.6 Å². The van der Waals surface area contributed by atoms with Gasteiger partial charge in [0, 0.05) is 29.0 Å². The molecule has 1 aliphatic heterocycles. The molecule has 31 heavy (non-hydrogen) atoms. The standard InChI is InChI=1S/C24H24N2O4S/c1-24(2,3)15-8-6-13(7-9-15)17-11-19(30-25-17)16-10-20(27)26-18(23(28)29)12-31-22(26)21(16)14-4-5-14/h6-11,14,18H,4-5,12H2,1-3H3,(H,28,29). The zero-order valence-electron chi connectivity index (χ0n) is 17.7. The zero-order chi connectivity index (χ0) is 21.9. The Hall–Kier alpha value is -2.80. The van der Waals surface area contributed by atoms with E-state index in [-0.39, 0.29) is 11.0 Å². The van der Waals surface area contributed by atoms with E-state index in [1.807, 2.05) is 18.2 Å². The molecule has 1 fully saturated rings. The Labute approximate surface area is 184 Å². The van der Waals surface area contributed by atoms with Crippen LogP contribution in [0.1, 0.15) is 56.7 Å². The number of aromatic nitrogens is 2. The maximum atomic E-state index is 12.8. The van der Waals surface area contributed by atoms with E-state index in [1.165, 1.54) is 28.0 Å². The number of hydrogen-bond acceptors (Lipinski definition) is 5. The molecule has 3 heterocycles. The molecule has 1 unspecified atom stereocenters. The summed E-state index contributed by atoms with van der Waals surface area (Å²) < 4.78 is 7.12. The van der Waals surface area contributed by atoms with Crippen molar-refractivity contribution in [1.82, 2.24) is 9.72 Å². The van der Waals surface area contributed by atoms with Crippen molar-refractivity contribution in [3.05, 3.63) is 57.9 Å². The number of pyridine rings is 1. The Bertz CT molecular complexity index is 1230. The predicted molar refractivity (Wildman–Crippen MR) is 120 cm³/mol. The van der Waals surface area contributed by atoms with Gasteiger partial charge >= 0.3 is 5.97 Å². The fourth-order valence-corrected chi connectivity index (χ4v) is 5.52. The molecule has 0 amide bonds. The highest BCUT2D eigenvalue weighted by Crippen LogP contribution is 2.50. The second-order valence-electron chi connectivity index (χ2n) is 9.33. The quantitative estimate of drug-likeness (QED) is 0.614. The van der Waals surface area contributed by atoms with E-state index in [0.717, 1.165) is 34.6 Å². The van der Waals surface area contributed by atoms with E-state index in [0.29, 0.717) is 23.1 Å². The van der Waals surface area contributed by atoms with E-state index in [4.69, 9.17) is 4.52 Å². The van der Waals surface area contributed by atoms with E-state index in [9.17, 15) is 14.7 Å². The third-order valence-electron chi connectivity index (χ3n) is 6.03. The highest BCUT2D eigenvalue weighted by Gasteiger charge is 2.38. The van der Waals surface area contributed by atoms with Crippen LogP contribution in [0.3, 0.4) is 0 Å². The number of carbonyl (C=O) groups is 1. The van der Waals surface area contributed by atoms with Gasteiger partial charge < -0.3 is 9.63 Å². The summed E-state index contributed by atoms with van der Waals surface area (Å²) in [5.74, 6) is 0.284. The third-order valence-corrected chi connectivity index (χ3v) is 7.20. The van der Waals surface area contributed by atoms with Gasteiger partial charge in [-0.3, -0.25) is 9.36 Å². The van der Waals surface area contributed by atoms with Gasteiger partial charge in [-0.1, -0.05) is 50.2 Å². The van der Waals surface area contributed by atoms with Crippen molar-refractivity contribution < 1.29 is 14.4 Å². The third kappa shape index (κ3) is 3.51. The lowest BCUT2D eigenvalue weighted by molar-refractivity contribution is -0.140. The molecule has 6 nitrogen and oxygen atoms in total. The topological polar surface area (TPSA) is 85.3 Å². The molecule has 1 N–H and O–H groups in total. The summed E-state index contributed by atoms with van der Waals surface area (Å²) >= 11 is 1.45. The highest BCUT2D eigenvalue weighted by molar-refractivity contribution is 7.99. The van der Waals surface area contributed by atoms with Crippen LogP contribution in [-0.4, -0.2) is 26.6 Å². The number of nitrogens with zero attached hydrogens (tertiary/aromatic N) is 2. The summed E-state index contributed by atoms with van der Waals surface area (Å²) in [4.78, 5) is 24.5. The molecule has 1 aliphatic carbocycles. The van der Waals surface area contributed by atoms with Crippen LogP contribution in [0.25, 0.3) is 22.6 Å². The average molecular weight is 437 g/mol. The normalized spacial score (nSPS) is 18.2. The van der Waals surface area contributed by atoms with Gasteiger partial charge in [0.1, 0.15) is 11.7 Å². The maximum Gasteiger partial charge on any atom is 0.327 e. The molecular weight excluding hydrogens is 412 g/mol. The Morgan fingerprint density at radius 2 is 1.90 bits per heavy atom. The molecule has 3 aromatic rings. The largest absolute Gasteiger partial charge is 0.480 e. The number of aliphatic carboxylic acids is 1. The van der Waals surface area contributed by atoms with Crippen molar-refractivity contribution in [1.29, 1.82) is 0 Å². The monoisotopic (exact) mass is 436 g/mol. The van der Waals surface area contributed by atoms with Gasteiger partial charge in [-0.25, -0.2) is 4.79 Å². The van der Waals surface area contributed by atoms with E-state index in [1.54, 1.807) is 0 Å². The minimum atomic E-state index is -0.969. The Morgan fingerprint density at radius 3 is 2.52 bits per heavy atom. The molecule has 2 aliphatic rings. The fourth-order valence-electron chi connectivity index (χ4n) is 4.12. The number of thioether (sulfide) groups is 1. The molecule has 0 saturated heterocycles. The first-order valence-corrected chi connectivity index (χ1v) is 11.5. The first kappa shape index (κ1) is 20.1. The summed E-state index contributed by atoms with van der Waals surface area (Å²) in [6, 6.07) is 10.9. The number of rotatable bonds is 4. The van der Waals surface area contributed by atoms with Crippen molar-refractivity contribution >= 4 is 17.7 Å². The number of fused-ring (bicyclic) bond motifs is 1. The summed E-state index contributed by atoms with van der Waals surface area (Å²) in [5, 5.41) is 14.5. The summed E-state index contributed by atoms with van der Waals surface area (Å²) in [6.07, 6.45) is 2.07. The minimum Gasteiger partial charge on any atom is -0.480 e. The molecule has 160 valence electrons. The lowest BCUT2D eigenvalue weighted by Crippen LogP contribution is -2.29. The lowest BCUT2D eigenvalue weighted by Gasteiger charge is -2.18. The van der Waals surface area contributed by atoms with Crippen LogP contribution in [-0.2, 0) is 10.2 Å². The molecule has 0 bridgehead atoms. The maximum absolute atomic E-state index is 12.8. The number of carboxylic acids is 1. The van der Waals surface area contributed by atoms with Gasteiger partial charge in [-0.15, -0.1) is 11.8 Å². The van der Waals surface area contributed by atoms with Gasteiger partial charge in [0.05, 0.1) is 5.03 Å². The van der Waals surface area contributed by atoms with Gasteiger partial charge in [0.25, 0.3) is 5.56 Å². The number of benzene rings is 1. The number of hydrogen-bond donors (Lipinski definition) is 1. The smallest absolute Gasteiger partial charge is 0.327 e. The van der Waals surface area contributed by atoms with Crippen molar-refractivity contribution in [2.45, 2.75) is 56.0 Å². The van der Waals surface area contributed by atoms with E-state index in [2.05, 4.69) is 38.1 Å². The van der Waals surface area contributed by atoms with Crippen LogP contribution in [0.4, 0.5) is 0 Å². The second kappa shape index (κ2) is 7.12. The summed E-state index contributed by atoms with van der Waals surface area (Å²) in [6.45, 7) is 6.53. The van der Waals surface area contributed by atoms with Crippen LogP contribution in [0, 0.1) is 0 Å². The van der Waals surface area contributed by atoms with Gasteiger partial charge in [-0.2, -0.15) is 0 Å². The number of carboxylic acid groups (broad SMARTS) is 1. The first-order valence-electron chi connectivity index (χ1n) is 10.5. The zero-order valence-corrected chi connectivity index (χ0v) is 18.5. The summed E-state index contributed by atoms with van der Waals surface area (Å²) in [5.41, 5.74) is 4.45. The summed E-state index contributed by atoms with van der Waals surface area (Å²) in [7, 11) is 0. The molecule has 0 radical (unpaired) electrons. The minimum absolute atomic E-state index is 0.0742. The van der Waals surface area contributed by atoms with Crippen LogP contribution in [0.15, 0.2) is 50.7 Å². The molecule has 7 heteroatoms. The second-order valence-corrected chi connectivity index (χ2v) is 10.3. The molecular formula is C24H24N2O4S. The molecule has 1 aromatic carbocycles. The molecule has 5 rings (SSSR count). The first-order chi connectivity index (χ1) is 14.7. The Kier molecular flexibility index (Phi) is 4.62. The molecule has 1 atom stereocenters. The highest BCUT2D eigenvalue weighted by atomic mass is 32.2. The predicted octanol–water partition coefficient (Wildman–Crippen LogP) is 5.08. The molecule has 0 spiro atoms. The van der Waals surface area contributed by atoms with Crippen LogP contribution < -0.4 is 5.56 Å².